The van der Waals surface area contributed by atoms with Crippen molar-refractivity contribution in [2.45, 2.75) is 26.1 Å². The highest BCUT2D eigenvalue weighted by atomic mass is 16.5. The Morgan fingerprint density at radius 3 is 1.42 bits per heavy atom. The Labute approximate surface area is 153 Å². The molecule has 1 aliphatic carbocycles. The maximum absolute atomic E-state index is 12.2. The zero-order valence-electron chi connectivity index (χ0n) is 14.5. The summed E-state index contributed by atoms with van der Waals surface area (Å²) in [5, 5.41) is 0. The fourth-order valence-corrected chi connectivity index (χ4v) is 2.88. The first-order chi connectivity index (χ1) is 12.7. The van der Waals surface area contributed by atoms with Crippen molar-refractivity contribution < 1.29 is 19.1 Å². The molecular weight excluding hydrogens is 328 g/mol. The molecule has 2 atom stereocenters. The lowest BCUT2D eigenvalue weighted by Crippen LogP contribution is -2.24. The topological polar surface area (TPSA) is 52.6 Å². The minimum atomic E-state index is -0.295. The van der Waals surface area contributed by atoms with Gasteiger partial charge >= 0.3 is 11.9 Å². The van der Waals surface area contributed by atoms with E-state index in [1.165, 1.54) is 0 Å². The highest BCUT2D eigenvalue weighted by Gasteiger charge is 2.27. The van der Waals surface area contributed by atoms with E-state index < -0.39 is 0 Å². The molecule has 3 rings (SSSR count). The molecule has 0 heterocycles. The van der Waals surface area contributed by atoms with E-state index >= 15 is 0 Å². The van der Waals surface area contributed by atoms with E-state index in [0.29, 0.717) is 12.8 Å². The van der Waals surface area contributed by atoms with E-state index in [4.69, 9.17) is 9.47 Å². The average molecular weight is 350 g/mol. The van der Waals surface area contributed by atoms with Crippen molar-refractivity contribution in [1.29, 1.82) is 0 Å². The van der Waals surface area contributed by atoms with Crippen LogP contribution in [0.15, 0.2) is 72.8 Å². The molecule has 2 aromatic carbocycles. The van der Waals surface area contributed by atoms with Crippen molar-refractivity contribution in [2.75, 3.05) is 0 Å². The lowest BCUT2D eigenvalue weighted by atomic mass is 9.88. The number of esters is 2. The van der Waals surface area contributed by atoms with Gasteiger partial charge < -0.3 is 9.47 Å². The largest absolute Gasteiger partial charge is 0.460 e. The third kappa shape index (κ3) is 5.06. The van der Waals surface area contributed by atoms with E-state index in [9.17, 15) is 9.59 Å². The molecule has 0 spiro atoms. The maximum Gasteiger partial charge on any atom is 0.313 e. The number of carbonyl (C=O) groups is 2. The van der Waals surface area contributed by atoms with Gasteiger partial charge in [-0.2, -0.15) is 0 Å². The van der Waals surface area contributed by atoms with Gasteiger partial charge in [-0.25, -0.2) is 0 Å². The van der Waals surface area contributed by atoms with Gasteiger partial charge in [-0.05, 0) is 24.0 Å². The van der Waals surface area contributed by atoms with Crippen molar-refractivity contribution in [1.82, 2.24) is 0 Å². The molecule has 0 saturated heterocycles. The molecule has 0 bridgehead atoms. The van der Waals surface area contributed by atoms with Crippen LogP contribution in [0.25, 0.3) is 0 Å². The molecular formula is C22H22O4. The Hall–Kier alpha value is -2.88. The molecule has 2 aromatic rings. The number of hydrogen-bond acceptors (Lipinski definition) is 4. The van der Waals surface area contributed by atoms with Gasteiger partial charge in [0.05, 0.1) is 11.8 Å². The molecule has 4 nitrogen and oxygen atoms in total. The van der Waals surface area contributed by atoms with Crippen molar-refractivity contribution in [3.63, 3.8) is 0 Å². The fraction of sp³-hybridized carbons (Fsp3) is 0.273. The maximum atomic E-state index is 12.2. The van der Waals surface area contributed by atoms with Gasteiger partial charge in [-0.15, -0.1) is 0 Å². The summed E-state index contributed by atoms with van der Waals surface area (Å²) >= 11 is 0. The first-order valence-electron chi connectivity index (χ1n) is 8.82. The lowest BCUT2D eigenvalue weighted by molar-refractivity contribution is -0.151. The van der Waals surface area contributed by atoms with E-state index in [-0.39, 0.29) is 37.0 Å². The van der Waals surface area contributed by atoms with Crippen LogP contribution in [0.3, 0.4) is 0 Å². The number of carbonyl (C=O) groups excluding carboxylic acids is 2. The second-order valence-electron chi connectivity index (χ2n) is 6.36. The predicted octanol–water partition coefficient (Wildman–Crippen LogP) is 4.06. The van der Waals surface area contributed by atoms with Crippen LogP contribution < -0.4 is 0 Å². The standard InChI is InChI=1S/C22H22O4/c23-21(25-15-17-7-3-1-4-8-17)19-11-13-20(14-12-19)22(24)26-16-18-9-5-2-6-10-18/h1-11,13,19-20H,12,14-16H2. The van der Waals surface area contributed by atoms with Crippen LogP contribution in [0.5, 0.6) is 0 Å². The molecule has 26 heavy (non-hydrogen) atoms. The SMILES string of the molecule is O=C(OCc1ccccc1)C1C=CC(C(=O)OCc2ccccc2)CC1. The van der Waals surface area contributed by atoms with E-state index in [2.05, 4.69) is 0 Å². The van der Waals surface area contributed by atoms with E-state index in [1.54, 1.807) is 12.2 Å². The summed E-state index contributed by atoms with van der Waals surface area (Å²) in [6.07, 6.45) is 4.72. The lowest BCUT2D eigenvalue weighted by Gasteiger charge is -2.21. The van der Waals surface area contributed by atoms with Gasteiger partial charge in [0.15, 0.2) is 0 Å². The van der Waals surface area contributed by atoms with Crippen molar-refractivity contribution in [3.8, 4) is 0 Å². The smallest absolute Gasteiger partial charge is 0.313 e. The van der Waals surface area contributed by atoms with Crippen LogP contribution in [0, 0.1) is 11.8 Å². The summed E-state index contributed by atoms with van der Waals surface area (Å²) in [5.74, 6) is -1.09. The van der Waals surface area contributed by atoms with Crippen molar-refractivity contribution >= 4 is 11.9 Å². The first-order valence-corrected chi connectivity index (χ1v) is 8.82. The molecule has 4 heteroatoms. The third-order valence-electron chi connectivity index (χ3n) is 4.42. The van der Waals surface area contributed by atoms with E-state index in [1.807, 2.05) is 60.7 Å². The Bertz CT molecular complexity index is 687. The van der Waals surface area contributed by atoms with Gasteiger partial charge in [0.2, 0.25) is 0 Å². The van der Waals surface area contributed by atoms with Gasteiger partial charge in [-0.1, -0.05) is 72.8 Å². The zero-order valence-corrected chi connectivity index (χ0v) is 14.5. The van der Waals surface area contributed by atoms with Gasteiger partial charge in [-0.3, -0.25) is 9.59 Å². The minimum Gasteiger partial charge on any atom is -0.460 e. The monoisotopic (exact) mass is 350 g/mol. The molecule has 2 unspecified atom stereocenters. The summed E-state index contributed by atoms with van der Waals surface area (Å²) in [6, 6.07) is 19.2. The molecule has 0 fully saturated rings. The molecule has 1 aliphatic rings. The van der Waals surface area contributed by atoms with E-state index in [0.717, 1.165) is 11.1 Å². The molecule has 0 aliphatic heterocycles. The quantitative estimate of drug-likeness (QED) is 0.582. The molecule has 0 aromatic heterocycles. The van der Waals surface area contributed by atoms with Crippen LogP contribution >= 0.6 is 0 Å². The Balaban J connectivity index is 1.45. The van der Waals surface area contributed by atoms with Crippen LogP contribution in [0.1, 0.15) is 24.0 Å². The highest BCUT2D eigenvalue weighted by Crippen LogP contribution is 2.25. The summed E-state index contributed by atoms with van der Waals surface area (Å²) in [4.78, 5) is 24.3. The van der Waals surface area contributed by atoms with Crippen molar-refractivity contribution in [2.24, 2.45) is 11.8 Å². The Morgan fingerprint density at radius 1 is 0.692 bits per heavy atom. The zero-order chi connectivity index (χ0) is 18.2. The second-order valence-corrected chi connectivity index (χ2v) is 6.36. The Kier molecular flexibility index (Phi) is 6.20. The number of rotatable bonds is 6. The van der Waals surface area contributed by atoms with Crippen LogP contribution in [0.2, 0.25) is 0 Å². The van der Waals surface area contributed by atoms with Crippen LogP contribution in [-0.4, -0.2) is 11.9 Å². The molecule has 0 amide bonds. The molecule has 0 radical (unpaired) electrons. The molecule has 134 valence electrons. The number of hydrogen-bond donors (Lipinski definition) is 0. The molecule has 0 N–H and O–H groups in total. The summed E-state index contributed by atoms with van der Waals surface area (Å²) in [5.41, 5.74) is 1.92. The van der Waals surface area contributed by atoms with Crippen LogP contribution in [-0.2, 0) is 32.3 Å². The highest BCUT2D eigenvalue weighted by molar-refractivity contribution is 5.78. The van der Waals surface area contributed by atoms with Gasteiger partial charge in [0.25, 0.3) is 0 Å². The predicted molar refractivity (Wildman–Crippen MR) is 97.8 cm³/mol. The van der Waals surface area contributed by atoms with Gasteiger partial charge in [0, 0.05) is 0 Å². The third-order valence-corrected chi connectivity index (χ3v) is 4.42. The van der Waals surface area contributed by atoms with Crippen molar-refractivity contribution in [3.05, 3.63) is 83.9 Å². The van der Waals surface area contributed by atoms with Crippen LogP contribution in [0.4, 0.5) is 0 Å². The normalized spacial score (nSPS) is 18.9. The second kappa shape index (κ2) is 8.99. The van der Waals surface area contributed by atoms with Gasteiger partial charge in [0.1, 0.15) is 13.2 Å². The summed E-state index contributed by atoms with van der Waals surface area (Å²) in [7, 11) is 0. The Morgan fingerprint density at radius 2 is 1.08 bits per heavy atom. The number of benzene rings is 2. The first kappa shape index (κ1) is 17.9. The summed E-state index contributed by atoms with van der Waals surface area (Å²) < 4.78 is 10.7. The average Bonchev–Trinajstić information content (AvgIpc) is 2.72. The fourth-order valence-electron chi connectivity index (χ4n) is 2.88. The number of ether oxygens (including phenoxy) is 2. The summed E-state index contributed by atoms with van der Waals surface area (Å²) in [6.45, 7) is 0.541. The minimum absolute atomic E-state index is 0.249. The molecule has 0 saturated carbocycles.